The molecule has 0 saturated heterocycles. The van der Waals surface area contributed by atoms with E-state index in [0.29, 0.717) is 17.5 Å². The van der Waals surface area contributed by atoms with Crippen molar-refractivity contribution in [2.45, 2.75) is 19.5 Å². The first kappa shape index (κ1) is 13.1. The number of furan rings is 1. The number of hydrogen-bond acceptors (Lipinski definition) is 4. The molecular formula is C13H14N2O4. The average molecular weight is 262 g/mol. The van der Waals surface area contributed by atoms with E-state index >= 15 is 0 Å². The second-order valence-electron chi connectivity index (χ2n) is 4.29. The first-order valence-electron chi connectivity index (χ1n) is 5.76. The quantitative estimate of drug-likeness (QED) is 0.748. The predicted octanol–water partition coefficient (Wildman–Crippen LogP) is 1.09. The van der Waals surface area contributed by atoms with Crippen LogP contribution in [0.3, 0.4) is 0 Å². The van der Waals surface area contributed by atoms with E-state index in [-0.39, 0.29) is 5.76 Å². The standard InChI is InChI=1S/C13H14N2O4/c1-7(12(14)16)15-6-8-2-3-10-9(4-8)5-11(19-10)13(17)18/h2-5,7,15H,6H2,1H3,(H2,14,16)(H,17,18). The summed E-state index contributed by atoms with van der Waals surface area (Å²) < 4.78 is 5.15. The van der Waals surface area contributed by atoms with Crippen molar-refractivity contribution in [1.29, 1.82) is 0 Å². The van der Waals surface area contributed by atoms with Gasteiger partial charge in [0.2, 0.25) is 11.7 Å². The molecule has 0 aliphatic rings. The second-order valence-corrected chi connectivity index (χ2v) is 4.29. The van der Waals surface area contributed by atoms with Crippen LogP contribution in [0.2, 0.25) is 0 Å². The summed E-state index contributed by atoms with van der Waals surface area (Å²) in [6, 6.07) is 6.37. The highest BCUT2D eigenvalue weighted by Gasteiger charge is 2.11. The van der Waals surface area contributed by atoms with E-state index in [2.05, 4.69) is 5.32 Å². The summed E-state index contributed by atoms with van der Waals surface area (Å²) in [5, 5.41) is 12.5. The number of hydrogen-bond donors (Lipinski definition) is 3. The van der Waals surface area contributed by atoms with Gasteiger partial charge in [-0.25, -0.2) is 4.79 Å². The molecule has 1 amide bonds. The fourth-order valence-corrected chi connectivity index (χ4v) is 1.68. The molecule has 0 aliphatic heterocycles. The van der Waals surface area contributed by atoms with Crippen molar-refractivity contribution in [3.63, 3.8) is 0 Å². The van der Waals surface area contributed by atoms with E-state index in [1.165, 1.54) is 6.07 Å². The van der Waals surface area contributed by atoms with Gasteiger partial charge in [0.1, 0.15) is 5.58 Å². The normalized spacial score (nSPS) is 12.5. The van der Waals surface area contributed by atoms with Crippen LogP contribution in [0.25, 0.3) is 11.0 Å². The molecule has 0 spiro atoms. The predicted molar refractivity (Wildman–Crippen MR) is 68.7 cm³/mol. The Morgan fingerprint density at radius 2 is 2.16 bits per heavy atom. The van der Waals surface area contributed by atoms with Crippen molar-refractivity contribution in [2.75, 3.05) is 0 Å². The summed E-state index contributed by atoms with van der Waals surface area (Å²) in [5.41, 5.74) is 6.58. The third kappa shape index (κ3) is 2.92. The van der Waals surface area contributed by atoms with Crippen molar-refractivity contribution in [1.82, 2.24) is 5.32 Å². The lowest BCUT2D eigenvalue weighted by atomic mass is 10.1. The highest BCUT2D eigenvalue weighted by molar-refractivity contribution is 5.91. The first-order valence-corrected chi connectivity index (χ1v) is 5.76. The van der Waals surface area contributed by atoms with Gasteiger partial charge in [0.05, 0.1) is 6.04 Å². The molecule has 1 aromatic carbocycles. The molecule has 0 saturated carbocycles. The molecule has 1 unspecified atom stereocenters. The molecule has 6 heteroatoms. The molecule has 19 heavy (non-hydrogen) atoms. The lowest BCUT2D eigenvalue weighted by Crippen LogP contribution is -2.38. The smallest absolute Gasteiger partial charge is 0.371 e. The molecule has 0 radical (unpaired) electrons. The Kier molecular flexibility index (Phi) is 3.52. The number of carbonyl (C=O) groups is 2. The van der Waals surface area contributed by atoms with Gasteiger partial charge in [0.25, 0.3) is 0 Å². The highest BCUT2D eigenvalue weighted by atomic mass is 16.4. The van der Waals surface area contributed by atoms with Crippen molar-refractivity contribution in [3.05, 3.63) is 35.6 Å². The lowest BCUT2D eigenvalue weighted by Gasteiger charge is -2.09. The number of carbonyl (C=O) groups excluding carboxylic acids is 1. The van der Waals surface area contributed by atoms with Crippen molar-refractivity contribution < 1.29 is 19.1 Å². The van der Waals surface area contributed by atoms with Crippen molar-refractivity contribution in [3.8, 4) is 0 Å². The molecule has 2 rings (SSSR count). The Morgan fingerprint density at radius 1 is 1.42 bits per heavy atom. The van der Waals surface area contributed by atoms with Crippen LogP contribution in [0.15, 0.2) is 28.7 Å². The van der Waals surface area contributed by atoms with Crippen LogP contribution in [0.4, 0.5) is 0 Å². The lowest BCUT2D eigenvalue weighted by molar-refractivity contribution is -0.119. The van der Waals surface area contributed by atoms with Gasteiger partial charge in [-0.15, -0.1) is 0 Å². The van der Waals surface area contributed by atoms with E-state index in [9.17, 15) is 9.59 Å². The maximum Gasteiger partial charge on any atom is 0.371 e. The summed E-state index contributed by atoms with van der Waals surface area (Å²) in [6.07, 6.45) is 0. The van der Waals surface area contributed by atoms with E-state index in [0.717, 1.165) is 5.56 Å². The number of amides is 1. The fourth-order valence-electron chi connectivity index (χ4n) is 1.68. The zero-order valence-electron chi connectivity index (χ0n) is 10.3. The van der Waals surface area contributed by atoms with Crippen LogP contribution in [0.1, 0.15) is 23.0 Å². The number of primary amides is 1. The zero-order chi connectivity index (χ0) is 14.0. The molecule has 6 nitrogen and oxygen atoms in total. The van der Waals surface area contributed by atoms with Gasteiger partial charge >= 0.3 is 5.97 Å². The summed E-state index contributed by atoms with van der Waals surface area (Å²) in [7, 11) is 0. The molecule has 100 valence electrons. The topological polar surface area (TPSA) is 106 Å². The molecule has 2 aromatic rings. The molecule has 1 heterocycles. The van der Waals surface area contributed by atoms with E-state index in [4.69, 9.17) is 15.3 Å². The summed E-state index contributed by atoms with van der Waals surface area (Å²) in [5.74, 6) is -1.61. The van der Waals surface area contributed by atoms with Crippen LogP contribution in [0, 0.1) is 0 Å². The minimum absolute atomic E-state index is 0.0920. The molecule has 0 bridgehead atoms. The zero-order valence-corrected chi connectivity index (χ0v) is 10.3. The van der Waals surface area contributed by atoms with Gasteiger partial charge in [-0.05, 0) is 30.7 Å². The van der Waals surface area contributed by atoms with E-state index < -0.39 is 17.9 Å². The Hall–Kier alpha value is -2.34. The van der Waals surface area contributed by atoms with Crippen molar-refractivity contribution >= 4 is 22.8 Å². The van der Waals surface area contributed by atoms with Gasteiger partial charge in [-0.1, -0.05) is 6.07 Å². The number of benzene rings is 1. The minimum Gasteiger partial charge on any atom is -0.475 e. The molecular weight excluding hydrogens is 248 g/mol. The molecule has 4 N–H and O–H groups in total. The van der Waals surface area contributed by atoms with Crippen LogP contribution >= 0.6 is 0 Å². The van der Waals surface area contributed by atoms with Crippen LogP contribution in [0.5, 0.6) is 0 Å². The number of nitrogens with one attached hydrogen (secondary N) is 1. The number of fused-ring (bicyclic) bond motifs is 1. The van der Waals surface area contributed by atoms with Gasteiger partial charge < -0.3 is 20.6 Å². The maximum absolute atomic E-state index is 10.9. The van der Waals surface area contributed by atoms with Gasteiger partial charge in [0.15, 0.2) is 0 Å². The fraction of sp³-hybridized carbons (Fsp3) is 0.231. The molecule has 0 fully saturated rings. The molecule has 1 aromatic heterocycles. The van der Waals surface area contributed by atoms with Crippen LogP contribution in [-0.4, -0.2) is 23.0 Å². The van der Waals surface area contributed by atoms with E-state index in [1.54, 1.807) is 19.1 Å². The first-order chi connectivity index (χ1) is 8.97. The van der Waals surface area contributed by atoms with Gasteiger partial charge in [-0.3, -0.25) is 4.79 Å². The SMILES string of the molecule is CC(NCc1ccc2oc(C(=O)O)cc2c1)C(N)=O. The summed E-state index contributed by atoms with van der Waals surface area (Å²) in [6.45, 7) is 2.15. The third-order valence-electron chi connectivity index (χ3n) is 2.83. The average Bonchev–Trinajstić information content (AvgIpc) is 2.78. The molecule has 1 atom stereocenters. The third-order valence-corrected chi connectivity index (χ3v) is 2.83. The van der Waals surface area contributed by atoms with Gasteiger partial charge in [-0.2, -0.15) is 0 Å². The largest absolute Gasteiger partial charge is 0.475 e. The van der Waals surface area contributed by atoms with Crippen LogP contribution < -0.4 is 11.1 Å². The number of rotatable bonds is 5. The summed E-state index contributed by atoms with van der Waals surface area (Å²) in [4.78, 5) is 21.7. The number of carboxylic acids is 1. The Balaban J connectivity index is 2.17. The number of nitrogens with two attached hydrogens (primary N) is 1. The van der Waals surface area contributed by atoms with Crippen molar-refractivity contribution in [2.24, 2.45) is 5.73 Å². The number of aromatic carboxylic acids is 1. The Labute approximate surface area is 109 Å². The van der Waals surface area contributed by atoms with E-state index in [1.807, 2.05) is 6.07 Å². The summed E-state index contributed by atoms with van der Waals surface area (Å²) >= 11 is 0. The number of carboxylic acid groups (broad SMARTS) is 1. The van der Waals surface area contributed by atoms with Gasteiger partial charge in [0, 0.05) is 11.9 Å². The minimum atomic E-state index is -1.10. The van der Waals surface area contributed by atoms with Crippen LogP contribution in [-0.2, 0) is 11.3 Å². The Bertz CT molecular complexity index is 633. The molecule has 0 aliphatic carbocycles. The monoisotopic (exact) mass is 262 g/mol. The maximum atomic E-state index is 10.9. The Morgan fingerprint density at radius 3 is 2.79 bits per heavy atom. The second kappa shape index (κ2) is 5.11. The highest BCUT2D eigenvalue weighted by Crippen LogP contribution is 2.20.